The van der Waals surface area contributed by atoms with Crippen LogP contribution in [-0.4, -0.2) is 88.5 Å². The second-order valence-electron chi connectivity index (χ2n) is 12.1. The van der Waals surface area contributed by atoms with Crippen LogP contribution in [0.25, 0.3) is 22.3 Å². The summed E-state index contributed by atoms with van der Waals surface area (Å²) in [5, 5.41) is 20.5. The molecule has 1 aliphatic rings. The number of ether oxygens (including phenoxy) is 3. The van der Waals surface area contributed by atoms with E-state index in [0.29, 0.717) is 17.5 Å². The smallest absolute Gasteiger partial charge is 0.407 e. The average Bonchev–Trinajstić information content (AvgIpc) is 3.64. The maximum atomic E-state index is 15.8. The SMILES string of the molecule is COCCn1ncc2c(N3CC(NC(=O)OC(C)(C)C)CC3CO)c(NC(=O)c3ccnc(-c4c(OC)ccc(Cl)c4F)n3)cc(F)c21. The van der Waals surface area contributed by atoms with Crippen molar-refractivity contribution >= 4 is 45.9 Å². The number of rotatable bonds is 10. The van der Waals surface area contributed by atoms with Gasteiger partial charge in [-0.25, -0.2) is 23.5 Å². The molecule has 13 nitrogen and oxygen atoms in total. The Labute approximate surface area is 280 Å². The molecule has 48 heavy (non-hydrogen) atoms. The Morgan fingerprint density at radius 2 is 1.96 bits per heavy atom. The minimum Gasteiger partial charge on any atom is -0.496 e. The highest BCUT2D eigenvalue weighted by atomic mass is 35.5. The van der Waals surface area contributed by atoms with Crippen molar-refractivity contribution in [3.8, 4) is 17.1 Å². The fourth-order valence-corrected chi connectivity index (χ4v) is 5.77. The number of hydrogen-bond donors (Lipinski definition) is 3. The first kappa shape index (κ1) is 34.7. The lowest BCUT2D eigenvalue weighted by Crippen LogP contribution is -2.40. The lowest BCUT2D eigenvalue weighted by molar-refractivity contribution is 0.0507. The van der Waals surface area contributed by atoms with Crippen molar-refractivity contribution in [2.24, 2.45) is 0 Å². The van der Waals surface area contributed by atoms with Crippen LogP contribution >= 0.6 is 11.6 Å². The maximum absolute atomic E-state index is 15.8. The summed E-state index contributed by atoms with van der Waals surface area (Å²) >= 11 is 6.00. The second-order valence-corrected chi connectivity index (χ2v) is 12.5. The standard InChI is InChI=1S/C32H36ClF2N7O6/c1-32(2,3)48-31(45)38-17-12-18(16-43)41(15-17)28-19-14-37-42(10-11-46-4)27(19)21(34)13-23(28)40-30(44)22-8-9-36-29(39-22)25-24(47-5)7-6-20(33)26(25)35/h6-9,13-14,17-18,43H,10-12,15-16H2,1-5H3,(H,38,45)(H,40,44). The van der Waals surface area contributed by atoms with Crippen LogP contribution in [0, 0.1) is 11.6 Å². The number of fused-ring (bicyclic) bond motifs is 1. The Balaban J connectivity index is 1.54. The molecule has 2 unspecified atom stereocenters. The summed E-state index contributed by atoms with van der Waals surface area (Å²) in [7, 11) is 2.86. The first-order chi connectivity index (χ1) is 22.8. The van der Waals surface area contributed by atoms with Gasteiger partial charge in [-0.2, -0.15) is 5.10 Å². The van der Waals surface area contributed by atoms with Crippen molar-refractivity contribution < 1.29 is 37.7 Å². The van der Waals surface area contributed by atoms with E-state index < -0.39 is 41.3 Å². The van der Waals surface area contributed by atoms with Crippen LogP contribution in [0.15, 0.2) is 36.7 Å². The van der Waals surface area contributed by atoms with E-state index in [1.165, 1.54) is 49.5 Å². The van der Waals surface area contributed by atoms with Gasteiger partial charge in [0.05, 0.1) is 67.1 Å². The monoisotopic (exact) mass is 687 g/mol. The third-order valence-corrected chi connectivity index (χ3v) is 7.92. The molecule has 0 radical (unpaired) electrons. The molecule has 1 aliphatic heterocycles. The summed E-state index contributed by atoms with van der Waals surface area (Å²) in [5.74, 6) is -2.30. The van der Waals surface area contributed by atoms with Gasteiger partial charge in [-0.05, 0) is 45.4 Å². The maximum Gasteiger partial charge on any atom is 0.407 e. The minimum absolute atomic E-state index is 0.0549. The largest absolute Gasteiger partial charge is 0.496 e. The third-order valence-electron chi connectivity index (χ3n) is 7.62. The number of aliphatic hydroxyl groups excluding tert-OH is 1. The number of aromatic nitrogens is 4. The molecule has 3 N–H and O–H groups in total. The Morgan fingerprint density at radius 3 is 2.65 bits per heavy atom. The van der Waals surface area contributed by atoms with E-state index in [4.69, 9.17) is 25.8 Å². The van der Waals surface area contributed by atoms with Crippen molar-refractivity contribution in [3.63, 3.8) is 0 Å². The quantitative estimate of drug-likeness (QED) is 0.212. The van der Waals surface area contributed by atoms with Gasteiger partial charge >= 0.3 is 6.09 Å². The van der Waals surface area contributed by atoms with Crippen molar-refractivity contribution in [2.45, 2.75) is 51.4 Å². The highest BCUT2D eigenvalue weighted by Crippen LogP contribution is 2.41. The van der Waals surface area contributed by atoms with E-state index in [-0.39, 0.29) is 65.4 Å². The molecule has 1 fully saturated rings. The first-order valence-corrected chi connectivity index (χ1v) is 15.4. The van der Waals surface area contributed by atoms with Gasteiger partial charge in [0.15, 0.2) is 17.5 Å². The zero-order valence-electron chi connectivity index (χ0n) is 27.0. The van der Waals surface area contributed by atoms with Crippen LogP contribution in [0.2, 0.25) is 5.02 Å². The predicted octanol–water partition coefficient (Wildman–Crippen LogP) is 4.80. The number of benzene rings is 2. The van der Waals surface area contributed by atoms with Crippen LogP contribution < -0.4 is 20.3 Å². The molecule has 3 heterocycles. The number of methoxy groups -OCH3 is 2. The van der Waals surface area contributed by atoms with E-state index in [2.05, 4.69) is 25.7 Å². The molecule has 0 saturated carbocycles. The Morgan fingerprint density at radius 1 is 1.19 bits per heavy atom. The van der Waals surface area contributed by atoms with E-state index >= 15 is 8.78 Å². The number of anilines is 2. The molecular formula is C32H36ClF2N7O6. The van der Waals surface area contributed by atoms with Crippen molar-refractivity contribution in [1.82, 2.24) is 25.1 Å². The zero-order valence-corrected chi connectivity index (χ0v) is 27.8. The number of nitrogens with one attached hydrogen (secondary N) is 2. The van der Waals surface area contributed by atoms with Crippen LogP contribution in [-0.2, 0) is 16.0 Å². The summed E-state index contributed by atoms with van der Waals surface area (Å²) in [6.07, 6.45) is 2.46. The molecule has 2 atom stereocenters. The molecular weight excluding hydrogens is 652 g/mol. The number of nitrogens with zero attached hydrogens (tertiary/aromatic N) is 5. The molecule has 2 amide bonds. The van der Waals surface area contributed by atoms with Gasteiger partial charge in [-0.15, -0.1) is 0 Å². The molecule has 2 aromatic heterocycles. The Kier molecular flexibility index (Phi) is 10.3. The molecule has 0 spiro atoms. The number of amides is 2. The van der Waals surface area contributed by atoms with Gasteiger partial charge in [0.25, 0.3) is 5.91 Å². The van der Waals surface area contributed by atoms with E-state index in [0.717, 1.165) is 6.07 Å². The third kappa shape index (κ3) is 7.27. The fraction of sp³-hybridized carbons (Fsp3) is 0.406. The van der Waals surface area contributed by atoms with Gasteiger partial charge in [0.2, 0.25) is 0 Å². The number of alkyl carbamates (subject to hydrolysis) is 1. The number of aliphatic hydroxyl groups is 1. The van der Waals surface area contributed by atoms with E-state index in [1.807, 2.05) is 0 Å². The number of carbonyl (C=O) groups is 2. The van der Waals surface area contributed by atoms with Crippen LogP contribution in [0.1, 0.15) is 37.7 Å². The lowest BCUT2D eigenvalue weighted by atomic mass is 10.1. The summed E-state index contributed by atoms with van der Waals surface area (Å²) < 4.78 is 48.2. The number of hydrogen-bond acceptors (Lipinski definition) is 10. The molecule has 4 aromatic rings. The van der Waals surface area contributed by atoms with Gasteiger partial charge in [-0.3, -0.25) is 9.48 Å². The second kappa shape index (κ2) is 14.3. The van der Waals surface area contributed by atoms with Crippen molar-refractivity contribution in [3.05, 3.63) is 59.0 Å². The molecule has 1 saturated heterocycles. The molecule has 5 rings (SSSR count). The predicted molar refractivity (Wildman–Crippen MR) is 175 cm³/mol. The van der Waals surface area contributed by atoms with Crippen molar-refractivity contribution in [1.29, 1.82) is 0 Å². The van der Waals surface area contributed by atoms with Gasteiger partial charge < -0.3 is 34.9 Å². The highest BCUT2D eigenvalue weighted by molar-refractivity contribution is 6.31. The fourth-order valence-electron chi connectivity index (χ4n) is 5.62. The normalized spacial score (nSPS) is 16.3. The summed E-state index contributed by atoms with van der Waals surface area (Å²) in [6.45, 7) is 5.65. The van der Waals surface area contributed by atoms with Crippen molar-refractivity contribution in [2.75, 3.05) is 44.2 Å². The summed E-state index contributed by atoms with van der Waals surface area (Å²) in [4.78, 5) is 36.5. The van der Waals surface area contributed by atoms with Gasteiger partial charge in [-0.1, -0.05) is 11.6 Å². The first-order valence-electron chi connectivity index (χ1n) is 15.1. The van der Waals surface area contributed by atoms with Gasteiger partial charge in [0.1, 0.15) is 22.6 Å². The van der Waals surface area contributed by atoms with Gasteiger partial charge in [0, 0.05) is 31.3 Å². The van der Waals surface area contributed by atoms with Crippen LogP contribution in [0.3, 0.4) is 0 Å². The summed E-state index contributed by atoms with van der Waals surface area (Å²) in [6, 6.07) is 4.28. The van der Waals surface area contributed by atoms with Crippen LogP contribution in [0.5, 0.6) is 5.75 Å². The molecule has 0 aliphatic carbocycles. The molecule has 256 valence electrons. The number of carbonyl (C=O) groups excluding carboxylic acids is 2. The lowest BCUT2D eigenvalue weighted by Gasteiger charge is -2.28. The highest BCUT2D eigenvalue weighted by Gasteiger charge is 2.37. The average molecular weight is 688 g/mol. The molecule has 16 heteroatoms. The zero-order chi connectivity index (χ0) is 34.7. The summed E-state index contributed by atoms with van der Waals surface area (Å²) in [5.41, 5.74) is -0.433. The van der Waals surface area contributed by atoms with Crippen LogP contribution in [0.4, 0.5) is 25.0 Å². The molecule has 0 bridgehead atoms. The molecule has 2 aromatic carbocycles. The Bertz CT molecular complexity index is 1830. The topological polar surface area (TPSA) is 153 Å². The van der Waals surface area contributed by atoms with E-state index in [1.54, 1.807) is 25.7 Å². The Hall–Kier alpha value is -4.60. The minimum atomic E-state index is -0.826. The number of halogens is 3. The van der Waals surface area contributed by atoms with E-state index in [9.17, 15) is 14.7 Å².